The van der Waals surface area contributed by atoms with Crippen molar-refractivity contribution in [2.24, 2.45) is 0 Å². The molecule has 0 aliphatic carbocycles. The van der Waals surface area contributed by atoms with E-state index in [1.807, 2.05) is 36.5 Å². The number of carbonyl (C=O) groups excluding carboxylic acids is 1. The molecule has 1 amide bonds. The van der Waals surface area contributed by atoms with E-state index in [4.69, 9.17) is 4.74 Å². The van der Waals surface area contributed by atoms with Crippen LogP contribution >= 0.6 is 0 Å². The molecule has 1 aromatic rings. The first-order valence-corrected chi connectivity index (χ1v) is 4.89. The topological polar surface area (TPSA) is 29.5 Å². The van der Waals surface area contributed by atoms with Crippen molar-refractivity contribution in [3.8, 4) is 5.75 Å². The highest BCUT2D eigenvalue weighted by atomic mass is 16.5. The monoisotopic (exact) mass is 203 g/mol. The first-order valence-electron chi connectivity index (χ1n) is 4.89. The third kappa shape index (κ3) is 2.01. The Balaban J connectivity index is 2.16. The average molecular weight is 203 g/mol. The number of ether oxygens (including phenoxy) is 1. The van der Waals surface area contributed by atoms with Crippen molar-refractivity contribution in [2.75, 3.05) is 7.11 Å². The molecule has 0 aromatic heterocycles. The molecule has 1 aliphatic rings. The highest BCUT2D eigenvalue weighted by Crippen LogP contribution is 2.21. The molecule has 3 nitrogen and oxygen atoms in total. The molecule has 0 fully saturated rings. The number of hydrogen-bond acceptors (Lipinski definition) is 2. The van der Waals surface area contributed by atoms with Crippen molar-refractivity contribution in [1.82, 2.24) is 4.90 Å². The van der Waals surface area contributed by atoms with Crippen molar-refractivity contribution >= 4 is 5.91 Å². The summed E-state index contributed by atoms with van der Waals surface area (Å²) in [6.45, 7) is 0.583. The van der Waals surface area contributed by atoms with E-state index in [0.29, 0.717) is 13.0 Å². The van der Waals surface area contributed by atoms with Crippen LogP contribution in [0.15, 0.2) is 36.5 Å². The van der Waals surface area contributed by atoms with E-state index in [2.05, 4.69) is 0 Å². The van der Waals surface area contributed by atoms with Crippen LogP contribution in [0.3, 0.4) is 0 Å². The SMILES string of the molecule is COc1ccccc1CN1C=CCC1=O. The van der Waals surface area contributed by atoms with E-state index in [0.717, 1.165) is 11.3 Å². The molecule has 0 radical (unpaired) electrons. The van der Waals surface area contributed by atoms with Gasteiger partial charge in [-0.2, -0.15) is 0 Å². The van der Waals surface area contributed by atoms with Crippen LogP contribution in [0.1, 0.15) is 12.0 Å². The summed E-state index contributed by atoms with van der Waals surface area (Å²) in [5.74, 6) is 0.964. The molecule has 0 saturated carbocycles. The van der Waals surface area contributed by atoms with E-state index >= 15 is 0 Å². The van der Waals surface area contributed by atoms with E-state index in [1.165, 1.54) is 0 Å². The Labute approximate surface area is 89.0 Å². The molecule has 0 N–H and O–H groups in total. The van der Waals surface area contributed by atoms with Gasteiger partial charge in [0.2, 0.25) is 5.91 Å². The van der Waals surface area contributed by atoms with Crippen molar-refractivity contribution in [3.63, 3.8) is 0 Å². The number of rotatable bonds is 3. The smallest absolute Gasteiger partial charge is 0.230 e. The second-order valence-electron chi connectivity index (χ2n) is 3.42. The van der Waals surface area contributed by atoms with Crippen LogP contribution in [-0.2, 0) is 11.3 Å². The maximum Gasteiger partial charge on any atom is 0.230 e. The first kappa shape index (κ1) is 9.77. The lowest BCUT2D eigenvalue weighted by Gasteiger charge is -2.15. The molecule has 2 rings (SSSR count). The highest BCUT2D eigenvalue weighted by Gasteiger charge is 2.16. The average Bonchev–Trinajstić information content (AvgIpc) is 2.65. The van der Waals surface area contributed by atoms with Crippen molar-refractivity contribution < 1.29 is 9.53 Å². The lowest BCUT2D eigenvalue weighted by Crippen LogP contribution is -2.20. The molecular formula is C12H13NO2. The molecule has 3 heteroatoms. The van der Waals surface area contributed by atoms with Gasteiger partial charge in [-0.3, -0.25) is 4.79 Å². The zero-order chi connectivity index (χ0) is 10.7. The Kier molecular flexibility index (Phi) is 2.72. The Bertz CT molecular complexity index is 398. The highest BCUT2D eigenvalue weighted by molar-refractivity contribution is 5.81. The van der Waals surface area contributed by atoms with Crippen molar-refractivity contribution in [2.45, 2.75) is 13.0 Å². The molecular weight excluding hydrogens is 190 g/mol. The van der Waals surface area contributed by atoms with Gasteiger partial charge in [0.25, 0.3) is 0 Å². The maximum absolute atomic E-state index is 11.4. The number of methoxy groups -OCH3 is 1. The Morgan fingerprint density at radius 2 is 2.20 bits per heavy atom. The number of nitrogens with zero attached hydrogens (tertiary/aromatic N) is 1. The zero-order valence-corrected chi connectivity index (χ0v) is 8.64. The molecule has 78 valence electrons. The summed E-state index contributed by atoms with van der Waals surface area (Å²) in [5, 5.41) is 0. The van der Waals surface area contributed by atoms with Gasteiger partial charge in [-0.1, -0.05) is 24.3 Å². The summed E-state index contributed by atoms with van der Waals surface area (Å²) >= 11 is 0. The number of benzene rings is 1. The van der Waals surface area contributed by atoms with Gasteiger partial charge in [0.05, 0.1) is 13.7 Å². The van der Waals surface area contributed by atoms with Gasteiger partial charge in [0.1, 0.15) is 5.75 Å². The largest absolute Gasteiger partial charge is 0.496 e. The number of carbonyl (C=O) groups is 1. The van der Waals surface area contributed by atoms with Crippen LogP contribution in [0.25, 0.3) is 0 Å². The Hall–Kier alpha value is -1.77. The standard InChI is InChI=1S/C12H13NO2/c1-15-11-6-3-2-5-10(11)9-13-8-4-7-12(13)14/h2-6,8H,7,9H2,1H3. The third-order valence-electron chi connectivity index (χ3n) is 2.43. The first-order chi connectivity index (χ1) is 7.31. The second kappa shape index (κ2) is 4.17. The minimum Gasteiger partial charge on any atom is -0.496 e. The van der Waals surface area contributed by atoms with Crippen LogP contribution in [0.5, 0.6) is 5.75 Å². The fraction of sp³-hybridized carbons (Fsp3) is 0.250. The van der Waals surface area contributed by atoms with Gasteiger partial charge in [-0.15, -0.1) is 0 Å². The summed E-state index contributed by atoms with van der Waals surface area (Å²) in [5.41, 5.74) is 1.03. The van der Waals surface area contributed by atoms with Gasteiger partial charge in [-0.05, 0) is 6.07 Å². The fourth-order valence-corrected chi connectivity index (χ4v) is 1.64. The molecule has 1 aliphatic heterocycles. The van der Waals surface area contributed by atoms with E-state index in [9.17, 15) is 4.79 Å². The normalized spacial score (nSPS) is 14.7. The lowest BCUT2D eigenvalue weighted by atomic mass is 10.2. The lowest BCUT2D eigenvalue weighted by molar-refractivity contribution is -0.127. The summed E-state index contributed by atoms with van der Waals surface area (Å²) in [7, 11) is 1.64. The van der Waals surface area contributed by atoms with Gasteiger partial charge >= 0.3 is 0 Å². The third-order valence-corrected chi connectivity index (χ3v) is 2.43. The predicted molar refractivity (Wildman–Crippen MR) is 57.3 cm³/mol. The molecule has 1 aromatic carbocycles. The summed E-state index contributed by atoms with van der Waals surface area (Å²) in [4.78, 5) is 13.1. The van der Waals surface area contributed by atoms with Crippen LogP contribution in [0.4, 0.5) is 0 Å². The molecule has 15 heavy (non-hydrogen) atoms. The summed E-state index contributed by atoms with van der Waals surface area (Å²) in [6.07, 6.45) is 4.21. The van der Waals surface area contributed by atoms with Gasteiger partial charge < -0.3 is 9.64 Å². The van der Waals surface area contributed by atoms with Crippen molar-refractivity contribution in [1.29, 1.82) is 0 Å². The number of amides is 1. The zero-order valence-electron chi connectivity index (χ0n) is 8.64. The summed E-state index contributed by atoms with van der Waals surface area (Å²) < 4.78 is 5.23. The molecule has 1 heterocycles. The molecule has 0 saturated heterocycles. The van der Waals surface area contributed by atoms with Gasteiger partial charge in [0, 0.05) is 18.2 Å². The van der Waals surface area contributed by atoms with E-state index < -0.39 is 0 Å². The van der Waals surface area contributed by atoms with E-state index in [1.54, 1.807) is 12.0 Å². The minimum atomic E-state index is 0.140. The Morgan fingerprint density at radius 1 is 1.40 bits per heavy atom. The van der Waals surface area contributed by atoms with Gasteiger partial charge in [-0.25, -0.2) is 0 Å². The summed E-state index contributed by atoms with van der Waals surface area (Å²) in [6, 6.07) is 7.74. The van der Waals surface area contributed by atoms with E-state index in [-0.39, 0.29) is 5.91 Å². The van der Waals surface area contributed by atoms with Crippen LogP contribution in [-0.4, -0.2) is 17.9 Å². The molecule has 0 spiro atoms. The quantitative estimate of drug-likeness (QED) is 0.751. The Morgan fingerprint density at radius 3 is 2.87 bits per heavy atom. The minimum absolute atomic E-state index is 0.140. The molecule has 0 unspecified atom stereocenters. The maximum atomic E-state index is 11.4. The fourth-order valence-electron chi connectivity index (χ4n) is 1.64. The van der Waals surface area contributed by atoms with Crippen LogP contribution in [0.2, 0.25) is 0 Å². The van der Waals surface area contributed by atoms with Crippen molar-refractivity contribution in [3.05, 3.63) is 42.1 Å². The molecule has 0 bridgehead atoms. The second-order valence-corrected chi connectivity index (χ2v) is 3.42. The van der Waals surface area contributed by atoms with Crippen LogP contribution in [0, 0.1) is 0 Å². The van der Waals surface area contributed by atoms with Crippen LogP contribution < -0.4 is 4.74 Å². The number of hydrogen-bond donors (Lipinski definition) is 0. The number of para-hydroxylation sites is 1. The van der Waals surface area contributed by atoms with Gasteiger partial charge in [0.15, 0.2) is 0 Å². The predicted octanol–water partition coefficient (Wildman–Crippen LogP) is 1.94. The molecule has 0 atom stereocenters.